The number of amides is 2. The number of aromatic nitrogens is 4. The van der Waals surface area contributed by atoms with Gasteiger partial charge in [-0.1, -0.05) is 6.07 Å². The molecule has 0 unspecified atom stereocenters. The van der Waals surface area contributed by atoms with Gasteiger partial charge in [0.25, 0.3) is 0 Å². The highest BCUT2D eigenvalue weighted by Crippen LogP contribution is 2.25. The van der Waals surface area contributed by atoms with Gasteiger partial charge in [-0.3, -0.25) is 24.4 Å². The molecule has 178 valence electrons. The molecule has 3 aromatic rings. The maximum absolute atomic E-state index is 12.8. The number of nitrogens with zero attached hydrogens (tertiary/aromatic N) is 6. The first-order valence-corrected chi connectivity index (χ1v) is 12.1. The predicted octanol–water partition coefficient (Wildman–Crippen LogP) is 1.74. The van der Waals surface area contributed by atoms with Gasteiger partial charge in [-0.2, -0.15) is 0 Å². The highest BCUT2D eigenvalue weighted by molar-refractivity contribution is 7.13. The lowest BCUT2D eigenvalue weighted by molar-refractivity contribution is -0.124. The van der Waals surface area contributed by atoms with Crippen LogP contribution in [0.5, 0.6) is 0 Å². The fraction of sp³-hybridized carbons (Fsp3) is 0.391. The van der Waals surface area contributed by atoms with Crippen LogP contribution in [0.15, 0.2) is 42.0 Å². The summed E-state index contributed by atoms with van der Waals surface area (Å²) in [6.07, 6.45) is 3.39. The number of hydrogen-bond donors (Lipinski definition) is 2. The molecule has 0 bridgehead atoms. The Morgan fingerprint density at radius 1 is 0.971 bits per heavy atom. The third-order valence-corrected chi connectivity index (χ3v) is 5.98. The highest BCUT2D eigenvalue weighted by atomic mass is 32.1. The van der Waals surface area contributed by atoms with Gasteiger partial charge >= 0.3 is 0 Å². The Hall–Kier alpha value is -3.28. The van der Waals surface area contributed by atoms with Crippen LogP contribution in [0.4, 0.5) is 5.82 Å². The number of rotatable bonds is 8. The number of anilines is 1. The first kappa shape index (κ1) is 23.9. The first-order chi connectivity index (χ1) is 16.5. The van der Waals surface area contributed by atoms with Gasteiger partial charge in [-0.25, -0.2) is 15.0 Å². The lowest BCUT2D eigenvalue weighted by Gasteiger charge is -2.33. The van der Waals surface area contributed by atoms with Crippen molar-refractivity contribution in [2.45, 2.75) is 19.9 Å². The summed E-state index contributed by atoms with van der Waals surface area (Å²) in [6, 6.07) is 7.38. The topological polar surface area (TPSA) is 116 Å². The summed E-state index contributed by atoms with van der Waals surface area (Å²) in [4.78, 5) is 46.7. The van der Waals surface area contributed by atoms with Gasteiger partial charge < -0.3 is 10.6 Å². The Morgan fingerprint density at radius 2 is 1.71 bits per heavy atom. The molecule has 4 rings (SSSR count). The predicted molar refractivity (Wildman–Crippen MR) is 131 cm³/mol. The first-order valence-electron chi connectivity index (χ1n) is 11.2. The molecule has 1 aliphatic rings. The van der Waals surface area contributed by atoms with Gasteiger partial charge in [0.15, 0.2) is 5.82 Å². The standard InChI is InChI=1S/C23H28N8O2S/c1-16(2)26-20(32)14-30-8-10-31(11-9-30)15-21(33)28-19-13-18(23-25-7-12-34-23)27-22(29-19)17-5-3-4-6-24-17/h3-7,12-13,16H,8-11,14-15H2,1-2H3,(H,26,32)(H,27,28,29,33). The van der Waals surface area contributed by atoms with Crippen molar-refractivity contribution in [3.05, 3.63) is 42.0 Å². The molecule has 11 heteroatoms. The van der Waals surface area contributed by atoms with Crippen LogP contribution >= 0.6 is 11.3 Å². The van der Waals surface area contributed by atoms with Crippen LogP contribution in [-0.2, 0) is 9.59 Å². The summed E-state index contributed by atoms with van der Waals surface area (Å²) in [5, 5.41) is 8.44. The quantitative estimate of drug-likeness (QED) is 0.501. The molecule has 0 radical (unpaired) electrons. The zero-order valence-electron chi connectivity index (χ0n) is 19.3. The molecular formula is C23H28N8O2S. The van der Waals surface area contributed by atoms with E-state index < -0.39 is 0 Å². The van der Waals surface area contributed by atoms with E-state index >= 15 is 0 Å². The van der Waals surface area contributed by atoms with Gasteiger partial charge in [0.05, 0.1) is 13.1 Å². The van der Waals surface area contributed by atoms with Crippen molar-refractivity contribution in [1.29, 1.82) is 0 Å². The van der Waals surface area contributed by atoms with Crippen molar-refractivity contribution in [2.24, 2.45) is 0 Å². The molecule has 1 aliphatic heterocycles. The molecule has 0 spiro atoms. The minimum absolute atomic E-state index is 0.0321. The second-order valence-corrected chi connectivity index (χ2v) is 9.23. The lowest BCUT2D eigenvalue weighted by Crippen LogP contribution is -2.51. The summed E-state index contributed by atoms with van der Waals surface area (Å²) in [5.41, 5.74) is 1.25. The number of pyridine rings is 1. The Morgan fingerprint density at radius 3 is 2.32 bits per heavy atom. The summed E-state index contributed by atoms with van der Waals surface area (Å²) in [5.74, 6) is 0.721. The molecule has 0 aromatic carbocycles. The van der Waals surface area contributed by atoms with Gasteiger partial charge in [-0.05, 0) is 26.0 Å². The summed E-state index contributed by atoms with van der Waals surface area (Å²) >= 11 is 1.47. The van der Waals surface area contributed by atoms with Crippen LogP contribution in [0, 0.1) is 0 Å². The Bertz CT molecular complexity index is 1100. The van der Waals surface area contributed by atoms with Crippen LogP contribution in [0.25, 0.3) is 22.2 Å². The largest absolute Gasteiger partial charge is 0.353 e. The Balaban J connectivity index is 1.37. The normalized spacial score (nSPS) is 14.8. The summed E-state index contributed by atoms with van der Waals surface area (Å²) in [7, 11) is 0. The molecule has 1 fully saturated rings. The van der Waals surface area contributed by atoms with E-state index in [9.17, 15) is 9.59 Å². The van der Waals surface area contributed by atoms with E-state index in [-0.39, 0.29) is 24.4 Å². The molecule has 2 amide bonds. The van der Waals surface area contributed by atoms with Crippen molar-refractivity contribution in [3.63, 3.8) is 0 Å². The second-order valence-electron chi connectivity index (χ2n) is 8.34. The van der Waals surface area contributed by atoms with Crippen molar-refractivity contribution in [3.8, 4) is 22.2 Å². The fourth-order valence-electron chi connectivity index (χ4n) is 3.64. The number of piperazine rings is 1. The van der Waals surface area contributed by atoms with Crippen molar-refractivity contribution in [1.82, 2.24) is 35.1 Å². The van der Waals surface area contributed by atoms with E-state index in [1.807, 2.05) is 37.4 Å². The van der Waals surface area contributed by atoms with Crippen LogP contribution in [0.1, 0.15) is 13.8 Å². The number of carbonyl (C=O) groups is 2. The maximum Gasteiger partial charge on any atom is 0.239 e. The van der Waals surface area contributed by atoms with Gasteiger partial charge in [0.1, 0.15) is 22.2 Å². The van der Waals surface area contributed by atoms with Crippen molar-refractivity contribution >= 4 is 29.0 Å². The summed E-state index contributed by atoms with van der Waals surface area (Å²) in [6.45, 7) is 7.45. The molecule has 0 aliphatic carbocycles. The monoisotopic (exact) mass is 480 g/mol. The van der Waals surface area contributed by atoms with E-state index in [4.69, 9.17) is 0 Å². The molecule has 1 saturated heterocycles. The van der Waals surface area contributed by atoms with E-state index in [0.29, 0.717) is 29.6 Å². The Kier molecular flexibility index (Phi) is 7.88. The van der Waals surface area contributed by atoms with Crippen molar-refractivity contribution in [2.75, 3.05) is 44.6 Å². The smallest absolute Gasteiger partial charge is 0.239 e. The zero-order valence-corrected chi connectivity index (χ0v) is 20.1. The molecule has 2 N–H and O–H groups in total. The minimum atomic E-state index is -0.151. The van der Waals surface area contributed by atoms with E-state index in [1.54, 1.807) is 18.5 Å². The van der Waals surface area contributed by atoms with Gasteiger partial charge in [0, 0.05) is 56.1 Å². The van der Waals surface area contributed by atoms with Crippen molar-refractivity contribution < 1.29 is 9.59 Å². The molecule has 0 atom stereocenters. The number of hydrogen-bond acceptors (Lipinski definition) is 9. The van der Waals surface area contributed by atoms with Gasteiger partial charge in [0.2, 0.25) is 11.8 Å². The molecule has 10 nitrogen and oxygen atoms in total. The number of nitrogens with one attached hydrogen (secondary N) is 2. The van der Waals surface area contributed by atoms with Crippen LogP contribution in [0.3, 0.4) is 0 Å². The molecule has 34 heavy (non-hydrogen) atoms. The second kappa shape index (κ2) is 11.2. The third kappa shape index (κ3) is 6.62. The number of thiazole rings is 1. The maximum atomic E-state index is 12.8. The fourth-order valence-corrected chi connectivity index (χ4v) is 4.24. The molecule has 0 saturated carbocycles. The van der Waals surface area contributed by atoms with E-state index in [0.717, 1.165) is 31.2 Å². The molecule has 3 aromatic heterocycles. The average molecular weight is 481 g/mol. The van der Waals surface area contributed by atoms with Crippen LogP contribution in [0.2, 0.25) is 0 Å². The number of carbonyl (C=O) groups excluding carboxylic acids is 2. The van der Waals surface area contributed by atoms with Crippen LogP contribution in [-0.4, -0.2) is 86.9 Å². The highest BCUT2D eigenvalue weighted by Gasteiger charge is 2.21. The van der Waals surface area contributed by atoms with E-state index in [1.165, 1.54) is 11.3 Å². The lowest BCUT2D eigenvalue weighted by atomic mass is 10.3. The van der Waals surface area contributed by atoms with E-state index in [2.05, 4.69) is 40.4 Å². The molecule has 4 heterocycles. The SMILES string of the molecule is CC(C)NC(=O)CN1CCN(CC(=O)Nc2cc(-c3nccs3)nc(-c3ccccn3)n2)CC1. The summed E-state index contributed by atoms with van der Waals surface area (Å²) < 4.78 is 0. The zero-order chi connectivity index (χ0) is 23.9. The Labute approximate surface area is 202 Å². The average Bonchev–Trinajstić information content (AvgIpc) is 3.35. The molecular weight excluding hydrogens is 452 g/mol. The minimum Gasteiger partial charge on any atom is -0.353 e. The third-order valence-electron chi connectivity index (χ3n) is 5.19. The van der Waals surface area contributed by atoms with Crippen LogP contribution < -0.4 is 10.6 Å². The van der Waals surface area contributed by atoms with Gasteiger partial charge in [-0.15, -0.1) is 11.3 Å².